The second-order valence-electron chi connectivity index (χ2n) is 5.22. The smallest absolute Gasteiger partial charge is 0.325 e. The molecule has 0 bridgehead atoms. The predicted octanol–water partition coefficient (Wildman–Crippen LogP) is 1.20. The Labute approximate surface area is 114 Å². The van der Waals surface area contributed by atoms with Gasteiger partial charge in [0.15, 0.2) is 0 Å². The van der Waals surface area contributed by atoms with Crippen LogP contribution < -0.4 is 5.73 Å². The van der Waals surface area contributed by atoms with Gasteiger partial charge in [0.1, 0.15) is 5.54 Å². The molecule has 0 aromatic heterocycles. The number of hydrogen-bond acceptors (Lipinski definition) is 4. The van der Waals surface area contributed by atoms with E-state index in [2.05, 4.69) is 29.2 Å². The lowest BCUT2D eigenvalue weighted by atomic mass is 9.88. The van der Waals surface area contributed by atoms with Crippen molar-refractivity contribution in [3.63, 3.8) is 0 Å². The third kappa shape index (κ3) is 3.55. The van der Waals surface area contributed by atoms with Crippen LogP contribution >= 0.6 is 0 Å². The van der Waals surface area contributed by atoms with E-state index in [0.29, 0.717) is 12.8 Å². The van der Waals surface area contributed by atoms with Gasteiger partial charge in [-0.25, -0.2) is 0 Å². The van der Waals surface area contributed by atoms with Crippen molar-refractivity contribution in [1.29, 1.82) is 0 Å². The number of nitrogens with zero attached hydrogens (tertiary/aromatic N) is 1. The molecule has 104 valence electrons. The third-order valence-corrected chi connectivity index (χ3v) is 3.90. The van der Waals surface area contributed by atoms with Gasteiger partial charge in [-0.1, -0.05) is 30.3 Å². The molecule has 4 nitrogen and oxygen atoms in total. The van der Waals surface area contributed by atoms with Gasteiger partial charge >= 0.3 is 5.97 Å². The zero-order chi connectivity index (χ0) is 13.7. The van der Waals surface area contributed by atoms with Crippen molar-refractivity contribution in [1.82, 2.24) is 4.90 Å². The molecule has 2 N–H and O–H groups in total. The Kier molecular flexibility index (Phi) is 4.56. The molecule has 0 amide bonds. The molecule has 2 rings (SSSR count). The Bertz CT molecular complexity index is 411. The largest absolute Gasteiger partial charge is 0.468 e. The lowest BCUT2D eigenvalue weighted by Crippen LogP contribution is -2.56. The van der Waals surface area contributed by atoms with Gasteiger partial charge in [0.2, 0.25) is 0 Å². The van der Waals surface area contributed by atoms with Crippen LogP contribution in [0.2, 0.25) is 0 Å². The minimum absolute atomic E-state index is 0.282. The summed E-state index contributed by atoms with van der Waals surface area (Å²) in [5.41, 5.74) is 6.65. The predicted molar refractivity (Wildman–Crippen MR) is 74.8 cm³/mol. The second-order valence-corrected chi connectivity index (χ2v) is 5.22. The van der Waals surface area contributed by atoms with E-state index in [4.69, 9.17) is 10.5 Å². The molecule has 0 aliphatic carbocycles. The molecule has 19 heavy (non-hydrogen) atoms. The summed E-state index contributed by atoms with van der Waals surface area (Å²) in [5, 5.41) is 0. The van der Waals surface area contributed by atoms with Gasteiger partial charge in [0, 0.05) is 19.6 Å². The fourth-order valence-electron chi connectivity index (χ4n) is 2.51. The number of carbonyl (C=O) groups excluding carboxylic acids is 1. The molecule has 0 unspecified atom stereocenters. The van der Waals surface area contributed by atoms with E-state index in [1.165, 1.54) is 12.7 Å². The van der Waals surface area contributed by atoms with Gasteiger partial charge in [-0.15, -0.1) is 0 Å². The molecular weight excluding hydrogens is 240 g/mol. The van der Waals surface area contributed by atoms with Crippen molar-refractivity contribution >= 4 is 5.97 Å². The Hall–Kier alpha value is -1.39. The maximum Gasteiger partial charge on any atom is 0.325 e. The molecule has 1 aliphatic rings. The van der Waals surface area contributed by atoms with Crippen molar-refractivity contribution in [3.8, 4) is 0 Å². The lowest BCUT2D eigenvalue weighted by Gasteiger charge is -2.37. The van der Waals surface area contributed by atoms with Crippen LogP contribution in [0, 0.1) is 0 Å². The summed E-state index contributed by atoms with van der Waals surface area (Å²) in [6, 6.07) is 10.4. The van der Waals surface area contributed by atoms with Gasteiger partial charge in [0.25, 0.3) is 0 Å². The highest BCUT2D eigenvalue weighted by molar-refractivity contribution is 5.80. The van der Waals surface area contributed by atoms with Gasteiger partial charge < -0.3 is 15.4 Å². The third-order valence-electron chi connectivity index (χ3n) is 3.90. The van der Waals surface area contributed by atoms with E-state index < -0.39 is 5.54 Å². The van der Waals surface area contributed by atoms with Crippen LogP contribution in [0.5, 0.6) is 0 Å². The van der Waals surface area contributed by atoms with E-state index in [1.54, 1.807) is 0 Å². The Morgan fingerprint density at radius 3 is 2.53 bits per heavy atom. The molecule has 4 heteroatoms. The quantitative estimate of drug-likeness (QED) is 0.828. The van der Waals surface area contributed by atoms with Crippen molar-refractivity contribution in [2.45, 2.75) is 24.8 Å². The molecule has 1 fully saturated rings. The number of hydrogen-bond donors (Lipinski definition) is 1. The van der Waals surface area contributed by atoms with Crippen molar-refractivity contribution < 1.29 is 9.53 Å². The molecule has 0 spiro atoms. The van der Waals surface area contributed by atoms with Gasteiger partial charge in [-0.05, 0) is 24.8 Å². The normalized spacial score (nSPS) is 19.1. The molecule has 1 aromatic carbocycles. The zero-order valence-corrected chi connectivity index (χ0v) is 11.5. The fraction of sp³-hybridized carbons (Fsp3) is 0.533. The molecular formula is C15H22N2O2. The number of likely N-dealkylation sites (tertiary alicyclic amines) is 1. The van der Waals surface area contributed by atoms with Crippen molar-refractivity contribution in [2.75, 3.05) is 26.7 Å². The molecule has 0 saturated carbocycles. The molecule has 1 heterocycles. The van der Waals surface area contributed by atoms with E-state index in [1.807, 2.05) is 6.07 Å². The second kappa shape index (κ2) is 6.17. The summed E-state index contributed by atoms with van der Waals surface area (Å²) in [6.07, 6.45) is 2.39. The van der Waals surface area contributed by atoms with Crippen LogP contribution in [0.4, 0.5) is 0 Å². The highest BCUT2D eigenvalue weighted by atomic mass is 16.5. The molecule has 0 radical (unpaired) electrons. The minimum Gasteiger partial charge on any atom is -0.468 e. The maximum atomic E-state index is 11.6. The first kappa shape index (κ1) is 14.0. The highest BCUT2D eigenvalue weighted by Gasteiger charge is 2.38. The summed E-state index contributed by atoms with van der Waals surface area (Å²) in [4.78, 5) is 14.0. The molecule has 1 aliphatic heterocycles. The van der Waals surface area contributed by atoms with E-state index in [0.717, 1.165) is 26.1 Å². The Balaban J connectivity index is 1.79. The average molecular weight is 262 g/mol. The first-order valence-corrected chi connectivity index (χ1v) is 6.78. The number of ether oxygens (including phenoxy) is 1. The van der Waals surface area contributed by atoms with E-state index in [9.17, 15) is 4.79 Å². The fourth-order valence-corrected chi connectivity index (χ4v) is 2.51. The summed E-state index contributed by atoms with van der Waals surface area (Å²) in [7, 11) is 1.40. The molecule has 1 saturated heterocycles. The first-order chi connectivity index (χ1) is 9.14. The standard InChI is InChI=1S/C15H22N2O2/c1-19-14(18)15(16)8-11-17(12-9-15)10-7-13-5-3-2-4-6-13/h2-6H,7-12,16H2,1H3. The van der Waals surface area contributed by atoms with E-state index >= 15 is 0 Å². The summed E-state index contributed by atoms with van der Waals surface area (Å²) >= 11 is 0. The monoisotopic (exact) mass is 262 g/mol. The Morgan fingerprint density at radius 2 is 1.95 bits per heavy atom. The zero-order valence-electron chi connectivity index (χ0n) is 11.5. The minimum atomic E-state index is -0.780. The topological polar surface area (TPSA) is 55.6 Å². The van der Waals surface area contributed by atoms with Gasteiger partial charge in [-0.2, -0.15) is 0 Å². The number of piperidine rings is 1. The SMILES string of the molecule is COC(=O)C1(N)CCN(CCc2ccccc2)CC1. The number of methoxy groups -OCH3 is 1. The summed E-state index contributed by atoms with van der Waals surface area (Å²) in [5.74, 6) is -0.282. The average Bonchev–Trinajstić information content (AvgIpc) is 2.47. The van der Waals surface area contributed by atoms with Crippen LogP contribution in [-0.2, 0) is 16.0 Å². The first-order valence-electron chi connectivity index (χ1n) is 6.78. The number of rotatable bonds is 4. The van der Waals surface area contributed by atoms with Crippen LogP contribution in [0.25, 0.3) is 0 Å². The summed E-state index contributed by atoms with van der Waals surface area (Å²) in [6.45, 7) is 2.73. The number of nitrogens with two attached hydrogens (primary N) is 1. The maximum absolute atomic E-state index is 11.6. The van der Waals surface area contributed by atoms with Crippen LogP contribution in [-0.4, -0.2) is 43.2 Å². The van der Waals surface area contributed by atoms with Crippen LogP contribution in [0.1, 0.15) is 18.4 Å². The van der Waals surface area contributed by atoms with Crippen molar-refractivity contribution in [3.05, 3.63) is 35.9 Å². The van der Waals surface area contributed by atoms with Crippen molar-refractivity contribution in [2.24, 2.45) is 5.73 Å². The lowest BCUT2D eigenvalue weighted by molar-refractivity contribution is -0.149. The molecule has 1 aromatic rings. The number of esters is 1. The number of benzene rings is 1. The van der Waals surface area contributed by atoms with Gasteiger partial charge in [0.05, 0.1) is 7.11 Å². The van der Waals surface area contributed by atoms with Crippen LogP contribution in [0.3, 0.4) is 0 Å². The Morgan fingerprint density at radius 1 is 1.32 bits per heavy atom. The molecule has 0 atom stereocenters. The van der Waals surface area contributed by atoms with Gasteiger partial charge in [-0.3, -0.25) is 4.79 Å². The van der Waals surface area contributed by atoms with E-state index in [-0.39, 0.29) is 5.97 Å². The van der Waals surface area contributed by atoms with Crippen LogP contribution in [0.15, 0.2) is 30.3 Å². The number of carbonyl (C=O) groups is 1. The highest BCUT2D eigenvalue weighted by Crippen LogP contribution is 2.21. The summed E-state index contributed by atoms with van der Waals surface area (Å²) < 4.78 is 4.77.